The largest absolute Gasteiger partial charge is 0.341 e. The van der Waals surface area contributed by atoms with Gasteiger partial charge >= 0.3 is 0 Å². The molecule has 1 aromatic carbocycles. The first-order valence-corrected chi connectivity index (χ1v) is 8.59. The van der Waals surface area contributed by atoms with Gasteiger partial charge in [-0.05, 0) is 57.5 Å². The number of likely N-dealkylation sites (tertiary alicyclic amines) is 1. The van der Waals surface area contributed by atoms with Gasteiger partial charge in [-0.1, -0.05) is 28.1 Å². The third-order valence-electron chi connectivity index (χ3n) is 4.41. The van der Waals surface area contributed by atoms with E-state index < -0.39 is 5.54 Å². The molecule has 1 saturated heterocycles. The maximum atomic E-state index is 12.8. The molecule has 0 aromatic heterocycles. The monoisotopic (exact) mass is 367 g/mol. The highest BCUT2D eigenvalue weighted by Gasteiger charge is 2.36. The van der Waals surface area contributed by atoms with Crippen molar-refractivity contribution in [3.63, 3.8) is 0 Å². The number of benzene rings is 1. The predicted octanol–water partition coefficient (Wildman–Crippen LogP) is 2.42. The minimum atomic E-state index is -0.963. The van der Waals surface area contributed by atoms with E-state index in [2.05, 4.69) is 34.9 Å². The van der Waals surface area contributed by atoms with Crippen LogP contribution in [0.2, 0.25) is 0 Å². The van der Waals surface area contributed by atoms with Crippen molar-refractivity contribution in [2.24, 2.45) is 11.7 Å². The third kappa shape index (κ3) is 4.09. The lowest BCUT2D eigenvalue weighted by molar-refractivity contribution is -0.138. The van der Waals surface area contributed by atoms with Gasteiger partial charge in [0.2, 0.25) is 5.91 Å². The summed E-state index contributed by atoms with van der Waals surface area (Å²) in [6.45, 7) is 4.51. The second-order valence-corrected chi connectivity index (χ2v) is 7.62. The molecule has 1 amide bonds. The van der Waals surface area contributed by atoms with Crippen LogP contribution in [-0.2, 0) is 10.3 Å². The van der Waals surface area contributed by atoms with Gasteiger partial charge in [0.25, 0.3) is 0 Å². The average Bonchev–Trinajstić information content (AvgIpc) is 2.47. The Labute approximate surface area is 141 Å². The lowest BCUT2D eigenvalue weighted by atomic mass is 9.89. The number of nitrogens with two attached hydrogens (primary N) is 1. The number of amides is 1. The molecule has 5 heteroatoms. The minimum Gasteiger partial charge on any atom is -0.341 e. The Morgan fingerprint density at radius 1 is 1.32 bits per heavy atom. The Kier molecular flexibility index (Phi) is 5.64. The summed E-state index contributed by atoms with van der Waals surface area (Å²) < 4.78 is 0.990. The van der Waals surface area contributed by atoms with Crippen molar-refractivity contribution in [1.82, 2.24) is 9.80 Å². The maximum Gasteiger partial charge on any atom is 0.246 e. The van der Waals surface area contributed by atoms with Crippen LogP contribution in [0.5, 0.6) is 0 Å². The molecule has 2 N–H and O–H groups in total. The molecule has 0 bridgehead atoms. The Bertz CT molecular complexity index is 505. The van der Waals surface area contributed by atoms with Crippen LogP contribution in [0.25, 0.3) is 0 Å². The smallest absolute Gasteiger partial charge is 0.246 e. The van der Waals surface area contributed by atoms with E-state index in [0.29, 0.717) is 5.92 Å². The second-order valence-electron chi connectivity index (χ2n) is 6.71. The van der Waals surface area contributed by atoms with Crippen LogP contribution in [0.3, 0.4) is 0 Å². The zero-order chi connectivity index (χ0) is 16.3. The molecule has 1 aliphatic rings. The van der Waals surface area contributed by atoms with E-state index >= 15 is 0 Å². The Morgan fingerprint density at radius 3 is 2.36 bits per heavy atom. The molecule has 1 aromatic rings. The van der Waals surface area contributed by atoms with Crippen molar-refractivity contribution in [2.75, 3.05) is 33.7 Å². The van der Waals surface area contributed by atoms with Crippen LogP contribution < -0.4 is 5.73 Å². The molecular weight excluding hydrogens is 342 g/mol. The normalized spacial score (nSPS) is 19.3. The van der Waals surface area contributed by atoms with Crippen molar-refractivity contribution >= 4 is 21.8 Å². The van der Waals surface area contributed by atoms with E-state index in [0.717, 1.165) is 42.5 Å². The van der Waals surface area contributed by atoms with E-state index in [9.17, 15) is 4.79 Å². The summed E-state index contributed by atoms with van der Waals surface area (Å²) in [6, 6.07) is 7.69. The van der Waals surface area contributed by atoms with Crippen molar-refractivity contribution in [3.05, 3.63) is 34.3 Å². The van der Waals surface area contributed by atoms with Crippen molar-refractivity contribution in [3.8, 4) is 0 Å². The Balaban J connectivity index is 2.01. The molecule has 122 valence electrons. The lowest BCUT2D eigenvalue weighted by Crippen LogP contribution is -2.53. The number of carbonyl (C=O) groups excluding carboxylic acids is 1. The van der Waals surface area contributed by atoms with Gasteiger partial charge in [0.15, 0.2) is 0 Å². The highest BCUT2D eigenvalue weighted by atomic mass is 79.9. The Morgan fingerprint density at radius 2 is 1.86 bits per heavy atom. The van der Waals surface area contributed by atoms with Crippen molar-refractivity contribution < 1.29 is 4.79 Å². The quantitative estimate of drug-likeness (QED) is 0.888. The van der Waals surface area contributed by atoms with Gasteiger partial charge in [0.05, 0.1) is 0 Å². The molecule has 4 nitrogen and oxygen atoms in total. The topological polar surface area (TPSA) is 49.6 Å². The molecule has 1 aliphatic heterocycles. The molecule has 2 rings (SSSR count). The van der Waals surface area contributed by atoms with Crippen LogP contribution in [0.1, 0.15) is 25.3 Å². The van der Waals surface area contributed by atoms with E-state index in [1.165, 1.54) is 0 Å². The SMILES string of the molecule is CN(C)CC1CCN(C(=O)C(C)(N)c2ccc(Br)cc2)CC1. The highest BCUT2D eigenvalue weighted by molar-refractivity contribution is 9.10. The van der Waals surface area contributed by atoms with Crippen LogP contribution in [0.15, 0.2) is 28.7 Å². The number of nitrogens with zero attached hydrogens (tertiary/aromatic N) is 2. The summed E-state index contributed by atoms with van der Waals surface area (Å²) in [5.41, 5.74) is 6.26. The van der Waals surface area contributed by atoms with Crippen LogP contribution in [0.4, 0.5) is 0 Å². The molecule has 0 saturated carbocycles. The molecule has 1 heterocycles. The summed E-state index contributed by atoms with van der Waals surface area (Å²) in [5.74, 6) is 0.703. The van der Waals surface area contributed by atoms with Gasteiger partial charge in [-0.3, -0.25) is 4.79 Å². The average molecular weight is 368 g/mol. The maximum absolute atomic E-state index is 12.8. The molecule has 22 heavy (non-hydrogen) atoms. The molecule has 1 atom stereocenters. The lowest BCUT2D eigenvalue weighted by Gasteiger charge is -2.37. The summed E-state index contributed by atoms with van der Waals surface area (Å²) in [6.07, 6.45) is 2.11. The summed E-state index contributed by atoms with van der Waals surface area (Å²) in [7, 11) is 4.20. The standard InChI is InChI=1S/C17H26BrN3O/c1-17(19,14-4-6-15(18)7-5-14)16(22)21-10-8-13(9-11-21)12-20(2)3/h4-7,13H,8-12,19H2,1-3H3. The fourth-order valence-electron chi connectivity index (χ4n) is 3.08. The molecule has 1 fully saturated rings. The molecule has 0 aliphatic carbocycles. The minimum absolute atomic E-state index is 0.0260. The number of rotatable bonds is 4. The summed E-state index contributed by atoms with van der Waals surface area (Å²) >= 11 is 3.41. The zero-order valence-electron chi connectivity index (χ0n) is 13.7. The number of hydrogen-bond acceptors (Lipinski definition) is 3. The van der Waals surface area contributed by atoms with E-state index in [-0.39, 0.29) is 5.91 Å². The molecular formula is C17H26BrN3O. The zero-order valence-corrected chi connectivity index (χ0v) is 15.3. The fourth-order valence-corrected chi connectivity index (χ4v) is 3.35. The van der Waals surface area contributed by atoms with Crippen molar-refractivity contribution in [1.29, 1.82) is 0 Å². The van der Waals surface area contributed by atoms with Crippen LogP contribution >= 0.6 is 15.9 Å². The first-order chi connectivity index (χ1) is 10.3. The highest BCUT2D eigenvalue weighted by Crippen LogP contribution is 2.26. The van der Waals surface area contributed by atoms with Crippen LogP contribution in [0, 0.1) is 5.92 Å². The second kappa shape index (κ2) is 7.11. The number of piperidine rings is 1. The van der Waals surface area contributed by atoms with E-state index in [1.54, 1.807) is 0 Å². The molecule has 1 unspecified atom stereocenters. The first kappa shape index (κ1) is 17.4. The van der Waals surface area contributed by atoms with E-state index in [1.807, 2.05) is 36.1 Å². The van der Waals surface area contributed by atoms with Gasteiger partial charge < -0.3 is 15.5 Å². The van der Waals surface area contributed by atoms with Gasteiger partial charge in [-0.25, -0.2) is 0 Å². The summed E-state index contributed by atoms with van der Waals surface area (Å²) in [5, 5.41) is 0. The number of hydrogen-bond donors (Lipinski definition) is 1. The van der Waals surface area contributed by atoms with E-state index in [4.69, 9.17) is 5.73 Å². The van der Waals surface area contributed by atoms with Gasteiger partial charge in [-0.2, -0.15) is 0 Å². The molecule has 0 radical (unpaired) electrons. The number of carbonyl (C=O) groups is 1. The van der Waals surface area contributed by atoms with Crippen molar-refractivity contribution in [2.45, 2.75) is 25.3 Å². The van der Waals surface area contributed by atoms with Crippen LogP contribution in [-0.4, -0.2) is 49.4 Å². The van der Waals surface area contributed by atoms with Gasteiger partial charge in [0, 0.05) is 24.1 Å². The van der Waals surface area contributed by atoms with Gasteiger partial charge in [-0.15, -0.1) is 0 Å². The third-order valence-corrected chi connectivity index (χ3v) is 4.94. The molecule has 0 spiro atoms. The van der Waals surface area contributed by atoms with Gasteiger partial charge in [0.1, 0.15) is 5.54 Å². The summed E-state index contributed by atoms with van der Waals surface area (Å²) in [4.78, 5) is 17.0. The first-order valence-electron chi connectivity index (χ1n) is 7.79. The number of halogens is 1. The Hall–Kier alpha value is -0.910. The fraction of sp³-hybridized carbons (Fsp3) is 0.588. The predicted molar refractivity (Wildman–Crippen MR) is 93.5 cm³/mol.